The molecule has 2 aliphatic rings. The number of hydrogen-bond donors (Lipinski definition) is 0. The Balaban J connectivity index is 0.000000500. The van der Waals surface area contributed by atoms with Gasteiger partial charge < -0.3 is 14.9 Å². The third-order valence-corrected chi connectivity index (χ3v) is 5.23. The van der Waals surface area contributed by atoms with Crippen LogP contribution in [-0.4, -0.2) is 12.1 Å². The Bertz CT molecular complexity index is 951. The van der Waals surface area contributed by atoms with Crippen LogP contribution in [0.3, 0.4) is 0 Å². The maximum atomic E-state index is 3.30. The minimum atomic E-state index is 0. The van der Waals surface area contributed by atoms with Crippen molar-refractivity contribution in [3.05, 3.63) is 134 Å². The molecule has 0 aliphatic heterocycles. The molecule has 0 saturated carbocycles. The normalized spacial score (nSPS) is 10.1. The van der Waals surface area contributed by atoms with E-state index in [9.17, 15) is 0 Å². The average Bonchev–Trinajstić information content (AvgIpc) is 3.34. The van der Waals surface area contributed by atoms with Crippen molar-refractivity contribution >= 4 is 37.0 Å². The van der Waals surface area contributed by atoms with Gasteiger partial charge in [0, 0.05) is 0 Å². The first-order chi connectivity index (χ1) is 13.9. The number of fused-ring (bicyclic) bond motifs is 6. The van der Waals surface area contributed by atoms with Crippen molar-refractivity contribution in [2.75, 3.05) is 0 Å². The summed E-state index contributed by atoms with van der Waals surface area (Å²) in [7, 11) is 0. The van der Waals surface area contributed by atoms with Crippen LogP contribution in [0.25, 0.3) is 22.3 Å². The number of halogens is 2. The second-order valence-corrected chi connectivity index (χ2v) is 6.79. The zero-order valence-electron chi connectivity index (χ0n) is 18.5. The van der Waals surface area contributed by atoms with Crippen LogP contribution in [0.15, 0.2) is 84.9 Å². The molecule has 0 fully saturated rings. The van der Waals surface area contributed by atoms with Crippen LogP contribution in [-0.2, 0) is 34.4 Å². The molecule has 0 amide bonds. The van der Waals surface area contributed by atoms with E-state index in [2.05, 4.69) is 84.9 Å². The predicted octanol–water partition coefficient (Wildman–Crippen LogP) is 6.94. The Kier molecular flexibility index (Phi) is 14.4. The standard InChI is InChI=1S/2C13H9.2CH3.2ClH.GeH2.Zr/c2*1-3-7-12-10(5-1)9-11-6-2-4-8-13(11)12;;;;;;/h2*1-5,7-8H,9H2;2*1H3;2*1H;1H2;/q4*-1;;;;. The van der Waals surface area contributed by atoms with Crippen LogP contribution in [0.1, 0.15) is 22.3 Å². The van der Waals surface area contributed by atoms with Gasteiger partial charge in [-0.15, -0.1) is 35.9 Å². The molecular formula is C28H28Cl2GeZr-4. The van der Waals surface area contributed by atoms with E-state index < -0.39 is 0 Å². The third kappa shape index (κ3) is 6.48. The minimum absolute atomic E-state index is 0. The van der Waals surface area contributed by atoms with E-state index in [1.165, 1.54) is 56.6 Å². The Morgan fingerprint density at radius 2 is 0.875 bits per heavy atom. The molecule has 6 rings (SSSR count). The minimum Gasteiger partial charge on any atom is -0.179 e. The van der Waals surface area contributed by atoms with Crippen molar-refractivity contribution in [3.8, 4) is 22.3 Å². The molecule has 4 aromatic carbocycles. The fraction of sp³-hybridized carbons (Fsp3) is 0.0714. The summed E-state index contributed by atoms with van der Waals surface area (Å²) in [5, 5.41) is 0. The maximum Gasteiger partial charge on any atom is -0.0253 e. The summed E-state index contributed by atoms with van der Waals surface area (Å²) in [6.07, 6.45) is 2.10. The SMILES string of the molecule is Cl.Cl.[CH3-].[CH3-].[GeH2]=[Zr].[c-]1cccc2c1Cc1ccccc1-2.[c-]1cccc2c1Cc1ccccc1-2. The van der Waals surface area contributed by atoms with E-state index in [0.29, 0.717) is 0 Å². The maximum absolute atomic E-state index is 3.30. The fourth-order valence-corrected chi connectivity index (χ4v) is 4.00. The second-order valence-electron chi connectivity index (χ2n) is 6.79. The molecule has 0 unspecified atom stereocenters. The van der Waals surface area contributed by atoms with Gasteiger partial charge in [0.1, 0.15) is 0 Å². The predicted molar refractivity (Wildman–Crippen MR) is 143 cm³/mol. The van der Waals surface area contributed by atoms with Gasteiger partial charge in [-0.25, -0.2) is 0 Å². The Labute approximate surface area is 226 Å². The van der Waals surface area contributed by atoms with E-state index >= 15 is 0 Å². The van der Waals surface area contributed by atoms with E-state index in [-0.39, 0.29) is 39.7 Å². The molecule has 4 heteroatoms. The van der Waals surface area contributed by atoms with Crippen molar-refractivity contribution in [1.82, 2.24) is 0 Å². The first-order valence-corrected chi connectivity index (χ1v) is 19.9. The topological polar surface area (TPSA) is 0 Å². The second kappa shape index (κ2) is 14.9. The van der Waals surface area contributed by atoms with Gasteiger partial charge in [-0.2, -0.15) is 59.7 Å². The van der Waals surface area contributed by atoms with E-state index in [1.54, 1.807) is 21.6 Å². The molecule has 0 heterocycles. The molecule has 0 atom stereocenters. The van der Waals surface area contributed by atoms with Crippen molar-refractivity contribution in [1.29, 1.82) is 0 Å². The Hall–Kier alpha value is -1.11. The van der Waals surface area contributed by atoms with Gasteiger partial charge in [-0.3, -0.25) is 0 Å². The van der Waals surface area contributed by atoms with Gasteiger partial charge in [0.2, 0.25) is 0 Å². The molecule has 32 heavy (non-hydrogen) atoms. The van der Waals surface area contributed by atoms with E-state index in [1.807, 2.05) is 12.1 Å². The van der Waals surface area contributed by atoms with Gasteiger partial charge in [0.25, 0.3) is 0 Å². The molecule has 0 spiro atoms. The zero-order valence-corrected chi connectivity index (χ0v) is 25.6. The molecule has 0 N–H and O–H groups in total. The Morgan fingerprint density at radius 1 is 0.531 bits per heavy atom. The summed E-state index contributed by atoms with van der Waals surface area (Å²) in [6.45, 7) is 0. The van der Waals surface area contributed by atoms with Crippen LogP contribution in [0, 0.1) is 27.0 Å². The summed E-state index contributed by atoms with van der Waals surface area (Å²) in [6, 6.07) is 36.2. The molecule has 4 aromatic rings. The van der Waals surface area contributed by atoms with Gasteiger partial charge in [0.05, 0.1) is 0 Å². The van der Waals surface area contributed by atoms with Gasteiger partial charge in [-0.1, -0.05) is 70.8 Å². The molecule has 0 nitrogen and oxygen atoms in total. The van der Waals surface area contributed by atoms with Crippen LogP contribution in [0.2, 0.25) is 0 Å². The van der Waals surface area contributed by atoms with Crippen molar-refractivity contribution < 1.29 is 21.6 Å². The third-order valence-electron chi connectivity index (χ3n) is 5.23. The fourth-order valence-electron chi connectivity index (χ4n) is 4.00. The molecule has 0 saturated heterocycles. The van der Waals surface area contributed by atoms with Crippen molar-refractivity contribution in [2.45, 2.75) is 12.8 Å². The quantitative estimate of drug-likeness (QED) is 0.131. The summed E-state index contributed by atoms with van der Waals surface area (Å²) < 4.78 is 0. The van der Waals surface area contributed by atoms with Crippen LogP contribution >= 0.6 is 24.8 Å². The van der Waals surface area contributed by atoms with Crippen LogP contribution in [0.4, 0.5) is 0 Å². The first-order valence-electron chi connectivity index (χ1n) is 9.41. The monoisotopic (exact) mass is 598 g/mol. The summed E-state index contributed by atoms with van der Waals surface area (Å²) in [4.78, 5) is 0. The average molecular weight is 599 g/mol. The van der Waals surface area contributed by atoms with Gasteiger partial charge in [0.15, 0.2) is 0 Å². The first kappa shape index (κ1) is 30.9. The van der Waals surface area contributed by atoms with Crippen molar-refractivity contribution in [3.63, 3.8) is 0 Å². The smallest absolute Gasteiger partial charge is 0.0253 e. The number of hydrogen-bond acceptors (Lipinski definition) is 0. The van der Waals surface area contributed by atoms with E-state index in [0.717, 1.165) is 12.8 Å². The Morgan fingerprint density at radius 3 is 1.28 bits per heavy atom. The summed E-state index contributed by atoms with van der Waals surface area (Å²) in [5.74, 6) is 0. The van der Waals surface area contributed by atoms with Crippen LogP contribution < -0.4 is 0 Å². The molecular weight excluding hydrogens is 571 g/mol. The molecule has 0 aromatic heterocycles. The van der Waals surface area contributed by atoms with Crippen molar-refractivity contribution in [2.24, 2.45) is 0 Å². The zero-order chi connectivity index (χ0) is 19.3. The molecule has 0 radical (unpaired) electrons. The van der Waals surface area contributed by atoms with Gasteiger partial charge in [-0.05, 0) is 12.8 Å². The number of benzene rings is 4. The summed E-state index contributed by atoms with van der Waals surface area (Å²) >= 11 is 3.14. The number of rotatable bonds is 0. The molecule has 166 valence electrons. The summed E-state index contributed by atoms with van der Waals surface area (Å²) in [5.41, 5.74) is 11.0. The molecule has 0 bridgehead atoms. The van der Waals surface area contributed by atoms with Crippen LogP contribution in [0.5, 0.6) is 0 Å². The molecule has 2 aliphatic carbocycles. The largest absolute Gasteiger partial charge is 0.179 e. The van der Waals surface area contributed by atoms with Gasteiger partial charge >= 0.3 is 33.7 Å². The van der Waals surface area contributed by atoms with E-state index in [4.69, 9.17) is 0 Å².